The van der Waals surface area contributed by atoms with E-state index in [4.69, 9.17) is 5.26 Å². The van der Waals surface area contributed by atoms with E-state index in [1.165, 1.54) is 11.9 Å². The number of para-hydroxylation sites is 1. The van der Waals surface area contributed by atoms with Gasteiger partial charge in [0.15, 0.2) is 0 Å². The van der Waals surface area contributed by atoms with Gasteiger partial charge in [-0.05, 0) is 24.1 Å². The topological polar surface area (TPSA) is 47.9 Å². The van der Waals surface area contributed by atoms with Crippen molar-refractivity contribution < 1.29 is 0 Å². The summed E-state index contributed by atoms with van der Waals surface area (Å²) in [6.45, 7) is 0.635. The Bertz CT molecular complexity index is 392. The molecule has 1 heterocycles. The van der Waals surface area contributed by atoms with Gasteiger partial charge in [0.1, 0.15) is 5.03 Å². The molecule has 0 saturated carbocycles. The van der Waals surface area contributed by atoms with Crippen LogP contribution < -0.4 is 10.0 Å². The van der Waals surface area contributed by atoms with Crippen molar-refractivity contribution in [2.45, 2.75) is 0 Å². The minimum absolute atomic E-state index is 0.635. The summed E-state index contributed by atoms with van der Waals surface area (Å²) < 4.78 is 3.05. The number of nitriles is 1. The minimum Gasteiger partial charge on any atom is -0.348 e. The first-order valence-electron chi connectivity index (χ1n) is 4.25. The lowest BCUT2D eigenvalue weighted by Gasteiger charge is -2.05. The van der Waals surface area contributed by atoms with Gasteiger partial charge < -0.3 is 5.32 Å². The lowest BCUT2D eigenvalue weighted by atomic mass is 10.3. The van der Waals surface area contributed by atoms with Gasteiger partial charge in [0.2, 0.25) is 0 Å². The second-order valence-electron chi connectivity index (χ2n) is 2.83. The summed E-state index contributed by atoms with van der Waals surface area (Å²) in [5.41, 5.74) is 1.77. The quantitative estimate of drug-likeness (QED) is 0.722. The molecule has 0 bridgehead atoms. The fourth-order valence-corrected chi connectivity index (χ4v) is 1.94. The first kappa shape index (κ1) is 9.13. The standard InChI is InChI=1S/C10H9N3S/c11-6-8-7-12-14-10(8)13-9-4-2-1-3-5-9/h1-5,12-13H,7H2. The number of hydrogen-bond donors (Lipinski definition) is 2. The fourth-order valence-electron chi connectivity index (χ4n) is 1.17. The molecular formula is C10H9N3S. The van der Waals surface area contributed by atoms with Gasteiger partial charge in [0.25, 0.3) is 0 Å². The van der Waals surface area contributed by atoms with E-state index in [0.717, 1.165) is 16.3 Å². The van der Waals surface area contributed by atoms with Crippen molar-refractivity contribution in [2.75, 3.05) is 11.9 Å². The van der Waals surface area contributed by atoms with Gasteiger partial charge in [0.05, 0.1) is 11.6 Å². The molecule has 2 N–H and O–H groups in total. The van der Waals surface area contributed by atoms with E-state index in [1.807, 2.05) is 30.3 Å². The lowest BCUT2D eigenvalue weighted by Crippen LogP contribution is -1.97. The van der Waals surface area contributed by atoms with Crippen LogP contribution in [0, 0.1) is 11.3 Å². The summed E-state index contributed by atoms with van der Waals surface area (Å²) in [5.74, 6) is 0. The first-order chi connectivity index (χ1) is 6.90. The third kappa shape index (κ3) is 1.90. The van der Waals surface area contributed by atoms with Crippen LogP contribution in [0.1, 0.15) is 0 Å². The van der Waals surface area contributed by atoms with Gasteiger partial charge in [-0.25, -0.2) is 0 Å². The number of rotatable bonds is 2. The highest BCUT2D eigenvalue weighted by Crippen LogP contribution is 2.24. The van der Waals surface area contributed by atoms with Crippen molar-refractivity contribution in [2.24, 2.45) is 0 Å². The van der Waals surface area contributed by atoms with Crippen LogP contribution in [0.4, 0.5) is 5.69 Å². The fraction of sp³-hybridized carbons (Fsp3) is 0.100. The molecule has 70 valence electrons. The predicted octanol–water partition coefficient (Wildman–Crippen LogP) is 2.09. The van der Waals surface area contributed by atoms with Crippen molar-refractivity contribution in [3.63, 3.8) is 0 Å². The van der Waals surface area contributed by atoms with Gasteiger partial charge in [-0.1, -0.05) is 18.2 Å². The molecule has 1 aliphatic heterocycles. The molecule has 0 unspecified atom stereocenters. The number of benzene rings is 1. The second-order valence-corrected chi connectivity index (χ2v) is 3.73. The Hall–Kier alpha value is -1.44. The molecule has 0 saturated heterocycles. The summed E-state index contributed by atoms with van der Waals surface area (Å²) in [6, 6.07) is 12.0. The third-order valence-corrected chi connectivity index (χ3v) is 2.71. The average Bonchev–Trinajstić information content (AvgIpc) is 2.67. The van der Waals surface area contributed by atoms with Gasteiger partial charge in [-0.3, -0.25) is 4.72 Å². The van der Waals surface area contributed by atoms with E-state index in [2.05, 4.69) is 16.1 Å². The largest absolute Gasteiger partial charge is 0.348 e. The Morgan fingerprint density at radius 3 is 2.86 bits per heavy atom. The van der Waals surface area contributed by atoms with Crippen molar-refractivity contribution in [1.29, 1.82) is 5.26 Å². The average molecular weight is 203 g/mol. The summed E-state index contributed by atoms with van der Waals surface area (Å²) in [4.78, 5) is 0. The van der Waals surface area contributed by atoms with Crippen LogP contribution in [0.15, 0.2) is 40.9 Å². The minimum atomic E-state index is 0.635. The SMILES string of the molecule is N#CC1=C(Nc2ccccc2)SNC1. The van der Waals surface area contributed by atoms with E-state index >= 15 is 0 Å². The van der Waals surface area contributed by atoms with Crippen LogP contribution in [0.3, 0.4) is 0 Å². The Kier molecular flexibility index (Phi) is 2.73. The first-order valence-corrected chi connectivity index (χ1v) is 5.07. The third-order valence-electron chi connectivity index (χ3n) is 1.86. The Labute approximate surface area is 86.9 Å². The summed E-state index contributed by atoms with van der Waals surface area (Å²) in [7, 11) is 0. The molecule has 0 aromatic heterocycles. The van der Waals surface area contributed by atoms with Crippen LogP contribution in [-0.4, -0.2) is 6.54 Å². The number of hydrogen-bond acceptors (Lipinski definition) is 4. The zero-order valence-electron chi connectivity index (χ0n) is 7.45. The smallest absolute Gasteiger partial charge is 0.103 e. The highest BCUT2D eigenvalue weighted by molar-refractivity contribution is 8.01. The molecule has 0 spiro atoms. The predicted molar refractivity (Wildman–Crippen MR) is 58.3 cm³/mol. The van der Waals surface area contributed by atoms with Crippen LogP contribution in [0.2, 0.25) is 0 Å². The second kappa shape index (κ2) is 4.18. The van der Waals surface area contributed by atoms with Crippen LogP contribution in [-0.2, 0) is 0 Å². The molecule has 0 amide bonds. The van der Waals surface area contributed by atoms with Crippen molar-refractivity contribution >= 4 is 17.6 Å². The van der Waals surface area contributed by atoms with Crippen LogP contribution in [0.5, 0.6) is 0 Å². The normalized spacial score (nSPS) is 15.4. The maximum Gasteiger partial charge on any atom is 0.103 e. The monoisotopic (exact) mass is 203 g/mol. The molecule has 2 rings (SSSR count). The maximum atomic E-state index is 8.81. The van der Waals surface area contributed by atoms with Gasteiger partial charge in [-0.15, -0.1) is 0 Å². The molecule has 1 aliphatic rings. The molecule has 3 nitrogen and oxygen atoms in total. The van der Waals surface area contributed by atoms with E-state index in [1.54, 1.807) is 0 Å². The summed E-state index contributed by atoms with van der Waals surface area (Å²) >= 11 is 1.47. The van der Waals surface area contributed by atoms with Crippen LogP contribution >= 0.6 is 11.9 Å². The molecule has 1 aromatic carbocycles. The van der Waals surface area contributed by atoms with Crippen LogP contribution in [0.25, 0.3) is 0 Å². The van der Waals surface area contributed by atoms with E-state index in [9.17, 15) is 0 Å². The zero-order chi connectivity index (χ0) is 9.80. The Balaban J connectivity index is 2.16. The molecule has 0 fully saturated rings. The van der Waals surface area contributed by atoms with Crippen molar-refractivity contribution in [3.8, 4) is 6.07 Å². The van der Waals surface area contributed by atoms with Gasteiger partial charge >= 0.3 is 0 Å². The molecule has 1 aromatic rings. The molecule has 14 heavy (non-hydrogen) atoms. The summed E-state index contributed by atoms with van der Waals surface area (Å²) in [5, 5.41) is 12.9. The maximum absolute atomic E-state index is 8.81. The van der Waals surface area contributed by atoms with Gasteiger partial charge in [-0.2, -0.15) is 5.26 Å². The Morgan fingerprint density at radius 2 is 2.14 bits per heavy atom. The number of anilines is 1. The highest BCUT2D eigenvalue weighted by Gasteiger charge is 2.14. The molecule has 0 radical (unpaired) electrons. The Morgan fingerprint density at radius 1 is 1.36 bits per heavy atom. The number of nitrogens with zero attached hydrogens (tertiary/aromatic N) is 1. The molecule has 4 heteroatoms. The molecule has 0 aliphatic carbocycles. The molecular weight excluding hydrogens is 194 g/mol. The lowest BCUT2D eigenvalue weighted by molar-refractivity contribution is 1.11. The van der Waals surface area contributed by atoms with E-state index in [0.29, 0.717) is 6.54 Å². The van der Waals surface area contributed by atoms with E-state index in [-0.39, 0.29) is 0 Å². The van der Waals surface area contributed by atoms with Gasteiger partial charge in [0, 0.05) is 12.2 Å². The van der Waals surface area contributed by atoms with E-state index < -0.39 is 0 Å². The van der Waals surface area contributed by atoms with Crippen molar-refractivity contribution in [1.82, 2.24) is 4.72 Å². The van der Waals surface area contributed by atoms with Crippen molar-refractivity contribution in [3.05, 3.63) is 40.9 Å². The summed E-state index contributed by atoms with van der Waals surface area (Å²) in [6.07, 6.45) is 0. The zero-order valence-corrected chi connectivity index (χ0v) is 8.27. The highest BCUT2D eigenvalue weighted by atomic mass is 32.2. The number of nitrogens with one attached hydrogen (secondary N) is 2. The molecule has 0 atom stereocenters.